The summed E-state index contributed by atoms with van der Waals surface area (Å²) in [6.07, 6.45) is 6.79. The molecule has 2 atom stereocenters. The summed E-state index contributed by atoms with van der Waals surface area (Å²) in [5.74, 6) is 0.693. The molecule has 18 heavy (non-hydrogen) atoms. The first-order valence-electron chi connectivity index (χ1n) is 6.24. The van der Waals surface area contributed by atoms with Crippen LogP contribution in [-0.4, -0.2) is 32.0 Å². The van der Waals surface area contributed by atoms with Crippen LogP contribution in [-0.2, 0) is 0 Å². The molecule has 2 unspecified atom stereocenters. The monoisotopic (exact) mass is 265 g/mol. The summed E-state index contributed by atoms with van der Waals surface area (Å²) in [6.45, 7) is 4.43. The number of nitrogens with zero attached hydrogens (tertiary/aromatic N) is 3. The number of piperidine rings is 1. The van der Waals surface area contributed by atoms with Crippen LogP contribution in [0.4, 0.5) is 5.82 Å². The van der Waals surface area contributed by atoms with Gasteiger partial charge < -0.3 is 11.2 Å². The van der Waals surface area contributed by atoms with Gasteiger partial charge in [0, 0.05) is 18.3 Å². The molecule has 1 aliphatic heterocycles. The van der Waals surface area contributed by atoms with Gasteiger partial charge >= 0.3 is 0 Å². The van der Waals surface area contributed by atoms with Crippen molar-refractivity contribution in [2.45, 2.75) is 45.2 Å². The second-order valence-electron chi connectivity index (χ2n) is 4.80. The number of hydrogen-bond acceptors (Lipinski definition) is 5. The first kappa shape index (κ1) is 13.2. The zero-order valence-corrected chi connectivity index (χ0v) is 11.6. The largest absolute Gasteiger partial charge is 0.389 e. The molecule has 0 bridgehead atoms. The van der Waals surface area contributed by atoms with Gasteiger partial charge in [0.05, 0.1) is 5.56 Å². The van der Waals surface area contributed by atoms with Crippen LogP contribution < -0.4 is 11.2 Å². The minimum absolute atomic E-state index is 0.315. The van der Waals surface area contributed by atoms with Crippen LogP contribution in [0.2, 0.25) is 0 Å². The predicted octanol–water partition coefficient (Wildman–Crippen LogP) is 1.70. The Balaban J connectivity index is 2.20. The number of thiocarbonyl (C=S) groups is 1. The topological polar surface area (TPSA) is 67.1 Å². The highest BCUT2D eigenvalue weighted by Crippen LogP contribution is 2.23. The molecule has 0 amide bonds. The van der Waals surface area contributed by atoms with Gasteiger partial charge in [-0.1, -0.05) is 18.6 Å². The van der Waals surface area contributed by atoms with Crippen molar-refractivity contribution in [3.05, 3.63) is 18.1 Å². The molecular formula is C12H19N5S. The molecule has 0 spiro atoms. The minimum atomic E-state index is 0.315. The van der Waals surface area contributed by atoms with Crippen LogP contribution in [0.5, 0.6) is 0 Å². The lowest BCUT2D eigenvalue weighted by Crippen LogP contribution is -2.47. The van der Waals surface area contributed by atoms with E-state index in [-0.39, 0.29) is 0 Å². The smallest absolute Gasteiger partial charge is 0.154 e. The number of nitrogens with one attached hydrogen (secondary N) is 1. The third-order valence-electron chi connectivity index (χ3n) is 3.41. The molecule has 0 aromatic carbocycles. The second-order valence-corrected chi connectivity index (χ2v) is 5.24. The van der Waals surface area contributed by atoms with E-state index in [1.807, 2.05) is 0 Å². The number of anilines is 1. The molecule has 1 saturated heterocycles. The Bertz CT molecular complexity index is 426. The van der Waals surface area contributed by atoms with Gasteiger partial charge in [0.15, 0.2) is 5.82 Å². The van der Waals surface area contributed by atoms with Crippen molar-refractivity contribution in [3.63, 3.8) is 0 Å². The predicted molar refractivity (Wildman–Crippen MR) is 76.2 cm³/mol. The average molecular weight is 265 g/mol. The van der Waals surface area contributed by atoms with E-state index in [1.165, 1.54) is 25.6 Å². The molecule has 5 nitrogen and oxygen atoms in total. The van der Waals surface area contributed by atoms with Crippen LogP contribution in [0.25, 0.3) is 0 Å². The summed E-state index contributed by atoms with van der Waals surface area (Å²) in [4.78, 5) is 8.51. The van der Waals surface area contributed by atoms with Crippen LogP contribution >= 0.6 is 12.2 Å². The van der Waals surface area contributed by atoms with Crippen LogP contribution in [0.1, 0.15) is 38.7 Å². The zero-order chi connectivity index (χ0) is 13.1. The summed E-state index contributed by atoms with van der Waals surface area (Å²) in [5.41, 5.74) is 9.72. The van der Waals surface area contributed by atoms with Crippen molar-refractivity contribution >= 4 is 23.0 Å². The van der Waals surface area contributed by atoms with Crippen molar-refractivity contribution in [3.8, 4) is 0 Å². The van der Waals surface area contributed by atoms with Gasteiger partial charge in [-0.15, -0.1) is 0 Å². The standard InChI is InChI=1S/C12H19N5S/c1-8-4-3-5-9(2)17(8)16-12-10(11(13)18)6-14-7-15-12/h6-9H,3-5H2,1-2H3,(H2,13,18)(H,14,15,16). The third-order valence-corrected chi connectivity index (χ3v) is 3.63. The van der Waals surface area contributed by atoms with E-state index in [9.17, 15) is 0 Å². The lowest BCUT2D eigenvalue weighted by Gasteiger charge is -2.39. The number of hydrazine groups is 1. The van der Waals surface area contributed by atoms with E-state index in [0.29, 0.717) is 28.5 Å². The Morgan fingerprint density at radius 3 is 2.72 bits per heavy atom. The Kier molecular flexibility index (Phi) is 4.08. The molecule has 1 aromatic heterocycles. The van der Waals surface area contributed by atoms with E-state index in [0.717, 1.165) is 0 Å². The normalized spacial score (nSPS) is 24.8. The lowest BCUT2D eigenvalue weighted by atomic mass is 10.00. The summed E-state index contributed by atoms with van der Waals surface area (Å²) < 4.78 is 0. The van der Waals surface area contributed by atoms with Crippen molar-refractivity contribution in [2.24, 2.45) is 5.73 Å². The quantitative estimate of drug-likeness (QED) is 0.811. The maximum Gasteiger partial charge on any atom is 0.154 e. The van der Waals surface area contributed by atoms with Gasteiger partial charge in [0.25, 0.3) is 0 Å². The van der Waals surface area contributed by atoms with Gasteiger partial charge in [0.1, 0.15) is 11.3 Å². The molecule has 1 aliphatic rings. The first-order valence-corrected chi connectivity index (χ1v) is 6.65. The summed E-state index contributed by atoms with van der Waals surface area (Å²) >= 11 is 5.02. The van der Waals surface area contributed by atoms with E-state index >= 15 is 0 Å². The molecular weight excluding hydrogens is 246 g/mol. The Morgan fingerprint density at radius 1 is 1.44 bits per heavy atom. The molecule has 0 aliphatic carbocycles. The third kappa shape index (κ3) is 2.76. The SMILES string of the molecule is CC1CCCC(C)N1Nc1ncncc1C(N)=S. The fourth-order valence-corrected chi connectivity index (χ4v) is 2.51. The summed E-state index contributed by atoms with van der Waals surface area (Å²) in [7, 11) is 0. The average Bonchev–Trinajstić information content (AvgIpc) is 2.34. The number of aromatic nitrogens is 2. The Hall–Kier alpha value is -1.27. The molecule has 2 rings (SSSR count). The molecule has 2 heterocycles. The maximum atomic E-state index is 5.68. The van der Waals surface area contributed by atoms with E-state index in [1.54, 1.807) is 6.20 Å². The summed E-state index contributed by atoms with van der Waals surface area (Å²) in [6, 6.07) is 0.950. The van der Waals surface area contributed by atoms with Gasteiger partial charge in [0.2, 0.25) is 0 Å². The van der Waals surface area contributed by atoms with Gasteiger partial charge in [-0.3, -0.25) is 0 Å². The maximum absolute atomic E-state index is 5.68. The highest BCUT2D eigenvalue weighted by Gasteiger charge is 2.25. The molecule has 98 valence electrons. The van der Waals surface area contributed by atoms with E-state index in [2.05, 4.69) is 34.3 Å². The van der Waals surface area contributed by atoms with Gasteiger partial charge in [-0.05, 0) is 26.7 Å². The molecule has 6 heteroatoms. The summed E-state index contributed by atoms with van der Waals surface area (Å²) in [5, 5.41) is 2.23. The molecule has 3 N–H and O–H groups in total. The Labute approximate surface area is 113 Å². The lowest BCUT2D eigenvalue weighted by molar-refractivity contribution is 0.135. The fourth-order valence-electron chi connectivity index (χ4n) is 2.36. The van der Waals surface area contributed by atoms with Crippen molar-refractivity contribution in [1.29, 1.82) is 0 Å². The fraction of sp³-hybridized carbons (Fsp3) is 0.583. The Morgan fingerprint density at radius 2 is 2.11 bits per heavy atom. The highest BCUT2D eigenvalue weighted by molar-refractivity contribution is 7.80. The zero-order valence-electron chi connectivity index (χ0n) is 10.8. The van der Waals surface area contributed by atoms with E-state index in [4.69, 9.17) is 18.0 Å². The molecule has 1 fully saturated rings. The van der Waals surface area contributed by atoms with Gasteiger partial charge in [-0.2, -0.15) is 0 Å². The van der Waals surface area contributed by atoms with Crippen LogP contribution in [0.3, 0.4) is 0 Å². The number of nitrogens with two attached hydrogens (primary N) is 1. The first-order chi connectivity index (χ1) is 8.59. The molecule has 0 radical (unpaired) electrons. The van der Waals surface area contributed by atoms with Crippen molar-refractivity contribution < 1.29 is 0 Å². The van der Waals surface area contributed by atoms with Crippen molar-refractivity contribution in [2.75, 3.05) is 5.43 Å². The molecule has 1 aromatic rings. The highest BCUT2D eigenvalue weighted by atomic mass is 32.1. The van der Waals surface area contributed by atoms with Gasteiger partial charge in [-0.25, -0.2) is 15.0 Å². The number of hydrogen-bond donors (Lipinski definition) is 2. The molecule has 0 saturated carbocycles. The second kappa shape index (κ2) is 5.58. The minimum Gasteiger partial charge on any atom is -0.389 e. The van der Waals surface area contributed by atoms with Crippen LogP contribution in [0, 0.1) is 0 Å². The van der Waals surface area contributed by atoms with Crippen LogP contribution in [0.15, 0.2) is 12.5 Å². The van der Waals surface area contributed by atoms with Crippen molar-refractivity contribution in [1.82, 2.24) is 15.0 Å². The number of rotatable bonds is 3. The van der Waals surface area contributed by atoms with E-state index < -0.39 is 0 Å².